The van der Waals surface area contributed by atoms with Gasteiger partial charge in [0.2, 0.25) is 0 Å². The van der Waals surface area contributed by atoms with E-state index in [9.17, 15) is 0 Å². The molecule has 1 aromatic carbocycles. The summed E-state index contributed by atoms with van der Waals surface area (Å²) < 4.78 is 0. The average molecular weight is 401 g/mol. The predicted molar refractivity (Wildman–Crippen MR) is 119 cm³/mol. The maximum absolute atomic E-state index is 5.99. The first kappa shape index (κ1) is 21.1. The van der Waals surface area contributed by atoms with E-state index in [1.165, 1.54) is 41.8 Å². The maximum atomic E-state index is 5.99. The second kappa shape index (κ2) is 11.4. The summed E-state index contributed by atoms with van der Waals surface area (Å²) in [5.41, 5.74) is 5.33. The molecule has 0 amide bonds. The topological polar surface area (TPSA) is 40.2 Å². The largest absolute Gasteiger partial charge is 0.383 e. The van der Waals surface area contributed by atoms with Gasteiger partial charge >= 0.3 is 0 Å². The quantitative estimate of drug-likeness (QED) is 0.544. The van der Waals surface area contributed by atoms with Crippen molar-refractivity contribution in [2.75, 3.05) is 38.0 Å². The van der Waals surface area contributed by atoms with Gasteiger partial charge in [-0.1, -0.05) is 30.7 Å². The molecule has 3 rings (SSSR count). The van der Waals surface area contributed by atoms with Gasteiger partial charge in [-0.2, -0.15) is 0 Å². The standard InChI is InChI=1S/C23H33ClN4/c1-2-16-28(18-19-7-9-20(24)10-8-19)17-15-25-13-14-27-23-11-12-26-22-6-4-3-5-21(22)23/h7-12,25H,2-6,13-18H2,1H3,(H,26,27). The molecule has 1 heterocycles. The van der Waals surface area contributed by atoms with Gasteiger partial charge in [-0.25, -0.2) is 0 Å². The zero-order chi connectivity index (χ0) is 19.6. The zero-order valence-electron chi connectivity index (χ0n) is 17.0. The van der Waals surface area contributed by atoms with Crippen molar-refractivity contribution in [2.45, 2.75) is 45.6 Å². The van der Waals surface area contributed by atoms with E-state index in [-0.39, 0.29) is 0 Å². The highest BCUT2D eigenvalue weighted by atomic mass is 35.5. The highest BCUT2D eigenvalue weighted by Crippen LogP contribution is 2.25. The van der Waals surface area contributed by atoms with E-state index >= 15 is 0 Å². The number of aryl methyl sites for hydroxylation is 1. The molecule has 28 heavy (non-hydrogen) atoms. The van der Waals surface area contributed by atoms with Crippen LogP contribution in [0.3, 0.4) is 0 Å². The number of aromatic nitrogens is 1. The minimum atomic E-state index is 0.801. The fraction of sp³-hybridized carbons (Fsp3) is 0.522. The Labute approximate surface area is 174 Å². The number of fused-ring (bicyclic) bond motifs is 1. The second-order valence-electron chi connectivity index (χ2n) is 7.57. The van der Waals surface area contributed by atoms with Crippen molar-refractivity contribution in [3.05, 3.63) is 58.4 Å². The monoisotopic (exact) mass is 400 g/mol. The third-order valence-electron chi connectivity index (χ3n) is 5.32. The summed E-state index contributed by atoms with van der Waals surface area (Å²) in [6, 6.07) is 10.3. The minimum Gasteiger partial charge on any atom is -0.383 e. The van der Waals surface area contributed by atoms with Crippen LogP contribution in [-0.4, -0.2) is 42.6 Å². The van der Waals surface area contributed by atoms with Crippen molar-refractivity contribution < 1.29 is 0 Å². The van der Waals surface area contributed by atoms with E-state index in [0.29, 0.717) is 0 Å². The third-order valence-corrected chi connectivity index (χ3v) is 5.57. The number of rotatable bonds is 11. The summed E-state index contributed by atoms with van der Waals surface area (Å²) in [7, 11) is 0. The molecule has 0 aliphatic heterocycles. The van der Waals surface area contributed by atoms with Gasteiger partial charge in [0.05, 0.1) is 0 Å². The molecular formula is C23H33ClN4. The van der Waals surface area contributed by atoms with Crippen LogP contribution in [0.1, 0.15) is 43.0 Å². The van der Waals surface area contributed by atoms with Gasteiger partial charge in [-0.3, -0.25) is 9.88 Å². The molecule has 0 saturated carbocycles. The fourth-order valence-electron chi connectivity index (χ4n) is 3.87. The molecule has 1 aliphatic rings. The molecule has 1 aliphatic carbocycles. The molecule has 4 nitrogen and oxygen atoms in total. The molecule has 0 atom stereocenters. The molecule has 0 bridgehead atoms. The molecule has 0 spiro atoms. The number of benzene rings is 1. The summed E-state index contributed by atoms with van der Waals surface area (Å²) in [5, 5.41) is 7.98. The lowest BCUT2D eigenvalue weighted by atomic mass is 9.95. The Kier molecular flexibility index (Phi) is 8.59. The number of halogens is 1. The molecule has 0 unspecified atom stereocenters. The Bertz CT molecular complexity index is 717. The molecule has 2 N–H and O–H groups in total. The molecule has 0 saturated heterocycles. The maximum Gasteiger partial charge on any atom is 0.0456 e. The van der Waals surface area contributed by atoms with Gasteiger partial charge in [-0.05, 0) is 68.0 Å². The van der Waals surface area contributed by atoms with E-state index < -0.39 is 0 Å². The first-order valence-corrected chi connectivity index (χ1v) is 11.0. The van der Waals surface area contributed by atoms with Crippen molar-refractivity contribution in [2.24, 2.45) is 0 Å². The molecule has 152 valence electrons. The van der Waals surface area contributed by atoms with Crippen molar-refractivity contribution in [3.8, 4) is 0 Å². The van der Waals surface area contributed by atoms with E-state index in [0.717, 1.165) is 57.1 Å². The van der Waals surface area contributed by atoms with Crippen LogP contribution >= 0.6 is 11.6 Å². The number of hydrogen-bond donors (Lipinski definition) is 2. The molecule has 1 aromatic heterocycles. The fourth-order valence-corrected chi connectivity index (χ4v) is 4.00. The molecular weight excluding hydrogens is 368 g/mol. The lowest BCUT2D eigenvalue weighted by Gasteiger charge is -2.22. The molecule has 0 radical (unpaired) electrons. The summed E-state index contributed by atoms with van der Waals surface area (Å²) >= 11 is 5.99. The summed E-state index contributed by atoms with van der Waals surface area (Å²) in [6.45, 7) is 8.31. The Morgan fingerprint density at radius 1 is 1.00 bits per heavy atom. The van der Waals surface area contributed by atoms with Gasteiger partial charge in [-0.15, -0.1) is 0 Å². The van der Waals surface area contributed by atoms with E-state index in [1.54, 1.807) is 0 Å². The average Bonchev–Trinajstić information content (AvgIpc) is 2.72. The van der Waals surface area contributed by atoms with Crippen molar-refractivity contribution >= 4 is 17.3 Å². The highest BCUT2D eigenvalue weighted by molar-refractivity contribution is 6.30. The van der Waals surface area contributed by atoms with Crippen LogP contribution in [0.2, 0.25) is 5.02 Å². The normalized spacial score (nSPS) is 13.5. The van der Waals surface area contributed by atoms with E-state index in [4.69, 9.17) is 11.6 Å². The van der Waals surface area contributed by atoms with Crippen LogP contribution in [0, 0.1) is 0 Å². The Balaban J connectivity index is 1.37. The number of nitrogens with one attached hydrogen (secondary N) is 2. The Hall–Kier alpha value is -1.62. The van der Waals surface area contributed by atoms with Gasteiger partial charge in [0.15, 0.2) is 0 Å². The van der Waals surface area contributed by atoms with Gasteiger partial charge in [0, 0.05) is 55.3 Å². The van der Waals surface area contributed by atoms with Crippen LogP contribution in [0.25, 0.3) is 0 Å². The van der Waals surface area contributed by atoms with Crippen molar-refractivity contribution in [1.29, 1.82) is 0 Å². The summed E-state index contributed by atoms with van der Waals surface area (Å²) in [5.74, 6) is 0. The van der Waals surface area contributed by atoms with Crippen LogP contribution in [-0.2, 0) is 19.4 Å². The minimum absolute atomic E-state index is 0.801. The zero-order valence-corrected chi connectivity index (χ0v) is 17.8. The van der Waals surface area contributed by atoms with Gasteiger partial charge in [0.25, 0.3) is 0 Å². The highest BCUT2D eigenvalue weighted by Gasteiger charge is 2.13. The van der Waals surface area contributed by atoms with Gasteiger partial charge in [0.1, 0.15) is 0 Å². The predicted octanol–water partition coefficient (Wildman–Crippen LogP) is 4.53. The van der Waals surface area contributed by atoms with Crippen LogP contribution in [0.5, 0.6) is 0 Å². The smallest absolute Gasteiger partial charge is 0.0456 e. The molecule has 2 aromatic rings. The summed E-state index contributed by atoms with van der Waals surface area (Å²) in [4.78, 5) is 7.05. The first-order valence-electron chi connectivity index (χ1n) is 10.6. The van der Waals surface area contributed by atoms with Crippen LogP contribution < -0.4 is 10.6 Å². The van der Waals surface area contributed by atoms with Crippen LogP contribution in [0.4, 0.5) is 5.69 Å². The lowest BCUT2D eigenvalue weighted by Crippen LogP contribution is -2.34. The third kappa shape index (κ3) is 6.47. The lowest BCUT2D eigenvalue weighted by molar-refractivity contribution is 0.266. The van der Waals surface area contributed by atoms with Crippen molar-refractivity contribution in [1.82, 2.24) is 15.2 Å². The molecule has 5 heteroatoms. The second-order valence-corrected chi connectivity index (χ2v) is 8.01. The van der Waals surface area contributed by atoms with Crippen molar-refractivity contribution in [3.63, 3.8) is 0 Å². The van der Waals surface area contributed by atoms with E-state index in [2.05, 4.69) is 45.6 Å². The number of hydrogen-bond acceptors (Lipinski definition) is 4. The Morgan fingerprint density at radius 2 is 1.82 bits per heavy atom. The summed E-state index contributed by atoms with van der Waals surface area (Å²) in [6.07, 6.45) is 7.96. The number of anilines is 1. The number of nitrogens with zero attached hydrogens (tertiary/aromatic N) is 2. The Morgan fingerprint density at radius 3 is 2.64 bits per heavy atom. The number of pyridine rings is 1. The van der Waals surface area contributed by atoms with Crippen LogP contribution in [0.15, 0.2) is 36.5 Å². The van der Waals surface area contributed by atoms with E-state index in [1.807, 2.05) is 18.3 Å². The first-order chi connectivity index (χ1) is 13.8. The molecule has 0 fully saturated rings. The van der Waals surface area contributed by atoms with Gasteiger partial charge < -0.3 is 10.6 Å². The SMILES string of the molecule is CCCN(CCNCCNc1ccnc2c1CCCC2)Cc1ccc(Cl)cc1.